The molecule has 0 atom stereocenters. The quantitative estimate of drug-likeness (QED) is 0.687. The minimum atomic E-state index is -3.35. The van der Waals surface area contributed by atoms with Gasteiger partial charge in [-0.15, -0.1) is 0 Å². The van der Waals surface area contributed by atoms with Crippen molar-refractivity contribution in [3.8, 4) is 5.75 Å². The van der Waals surface area contributed by atoms with Gasteiger partial charge < -0.3 is 4.74 Å². The summed E-state index contributed by atoms with van der Waals surface area (Å²) < 4.78 is 44.5. The van der Waals surface area contributed by atoms with Crippen LogP contribution in [0.25, 0.3) is 0 Å². The maximum atomic E-state index is 12.9. The SMILES string of the molecule is O=S(=O)(CCCc1ccccc1)NCCOc1ccc(F)cc1Cl. The second kappa shape index (κ2) is 9.01. The van der Waals surface area contributed by atoms with Gasteiger partial charge >= 0.3 is 0 Å². The van der Waals surface area contributed by atoms with Gasteiger partial charge in [-0.05, 0) is 36.6 Å². The van der Waals surface area contributed by atoms with Gasteiger partial charge in [0.1, 0.15) is 18.2 Å². The van der Waals surface area contributed by atoms with Crippen molar-refractivity contribution in [1.29, 1.82) is 0 Å². The number of hydrogen-bond donors (Lipinski definition) is 1. The normalized spacial score (nSPS) is 11.4. The van der Waals surface area contributed by atoms with Gasteiger partial charge in [-0.2, -0.15) is 0 Å². The van der Waals surface area contributed by atoms with Crippen LogP contribution in [0, 0.1) is 5.82 Å². The van der Waals surface area contributed by atoms with E-state index in [0.29, 0.717) is 18.6 Å². The molecule has 1 N–H and O–H groups in total. The molecule has 0 spiro atoms. The Balaban J connectivity index is 1.68. The summed E-state index contributed by atoms with van der Waals surface area (Å²) in [5.74, 6) is -0.0769. The maximum Gasteiger partial charge on any atom is 0.211 e. The first-order valence-corrected chi connectivity index (χ1v) is 9.58. The van der Waals surface area contributed by atoms with E-state index in [-0.39, 0.29) is 23.9 Å². The number of rotatable bonds is 9. The Morgan fingerprint density at radius 1 is 1.12 bits per heavy atom. The van der Waals surface area contributed by atoms with Crippen LogP contribution in [-0.4, -0.2) is 27.3 Å². The number of aryl methyl sites for hydroxylation is 1. The summed E-state index contributed by atoms with van der Waals surface area (Å²) in [6.45, 7) is 0.241. The zero-order valence-corrected chi connectivity index (χ0v) is 14.6. The lowest BCUT2D eigenvalue weighted by atomic mass is 10.1. The Kier molecular flexibility index (Phi) is 7.02. The Morgan fingerprint density at radius 2 is 1.88 bits per heavy atom. The van der Waals surface area contributed by atoms with Crippen LogP contribution in [0.2, 0.25) is 5.02 Å². The van der Waals surface area contributed by atoms with Crippen LogP contribution in [0.5, 0.6) is 5.75 Å². The molecule has 0 aromatic heterocycles. The van der Waals surface area contributed by atoms with Crippen LogP contribution in [0.4, 0.5) is 4.39 Å². The van der Waals surface area contributed by atoms with E-state index in [2.05, 4.69) is 4.72 Å². The third-order valence-electron chi connectivity index (χ3n) is 3.30. The smallest absolute Gasteiger partial charge is 0.211 e. The van der Waals surface area contributed by atoms with Crippen molar-refractivity contribution in [3.05, 3.63) is 64.9 Å². The molecule has 0 aliphatic heterocycles. The second-order valence-electron chi connectivity index (χ2n) is 5.23. The molecular weight excluding hydrogens is 353 g/mol. The van der Waals surface area contributed by atoms with E-state index in [1.165, 1.54) is 12.1 Å². The van der Waals surface area contributed by atoms with Gasteiger partial charge in [0.2, 0.25) is 10.0 Å². The van der Waals surface area contributed by atoms with E-state index in [1.807, 2.05) is 30.3 Å². The van der Waals surface area contributed by atoms with E-state index in [4.69, 9.17) is 16.3 Å². The van der Waals surface area contributed by atoms with Gasteiger partial charge in [-0.25, -0.2) is 17.5 Å². The molecule has 0 saturated heterocycles. The molecule has 130 valence electrons. The minimum Gasteiger partial charge on any atom is -0.491 e. The fourth-order valence-electron chi connectivity index (χ4n) is 2.13. The highest BCUT2D eigenvalue weighted by Crippen LogP contribution is 2.24. The third kappa shape index (κ3) is 6.47. The molecule has 0 aliphatic carbocycles. The lowest BCUT2D eigenvalue weighted by Crippen LogP contribution is -2.30. The summed E-state index contributed by atoms with van der Waals surface area (Å²) >= 11 is 5.82. The molecule has 0 heterocycles. The van der Waals surface area contributed by atoms with Crippen LogP contribution < -0.4 is 9.46 Å². The van der Waals surface area contributed by atoms with Crippen molar-refractivity contribution in [2.24, 2.45) is 0 Å². The first-order chi connectivity index (χ1) is 11.5. The van der Waals surface area contributed by atoms with Crippen LogP contribution in [0.15, 0.2) is 48.5 Å². The number of nitrogens with one attached hydrogen (secondary N) is 1. The molecule has 0 aliphatic rings. The standard InChI is InChI=1S/C17H19ClFNO3S/c18-16-13-15(19)8-9-17(16)23-11-10-20-24(21,22)12-4-7-14-5-2-1-3-6-14/h1-3,5-6,8-9,13,20H,4,7,10-12H2. The molecule has 7 heteroatoms. The Hall–Kier alpha value is -1.63. The summed E-state index contributed by atoms with van der Waals surface area (Å²) in [7, 11) is -3.35. The van der Waals surface area contributed by atoms with Crippen LogP contribution in [0.3, 0.4) is 0 Å². The predicted molar refractivity (Wildman–Crippen MR) is 93.5 cm³/mol. The topological polar surface area (TPSA) is 55.4 Å². The Bertz CT molecular complexity index is 754. The second-order valence-corrected chi connectivity index (χ2v) is 7.56. The van der Waals surface area contributed by atoms with E-state index in [9.17, 15) is 12.8 Å². The number of ether oxygens (including phenoxy) is 1. The fraction of sp³-hybridized carbons (Fsp3) is 0.294. The lowest BCUT2D eigenvalue weighted by molar-refractivity contribution is 0.322. The van der Waals surface area contributed by atoms with Gasteiger partial charge in [0.05, 0.1) is 10.8 Å². The molecular formula is C17H19ClFNO3S. The average Bonchev–Trinajstić information content (AvgIpc) is 2.54. The van der Waals surface area contributed by atoms with E-state index in [1.54, 1.807) is 0 Å². The Morgan fingerprint density at radius 3 is 2.58 bits per heavy atom. The molecule has 0 radical (unpaired) electrons. The summed E-state index contributed by atoms with van der Waals surface area (Å²) in [6, 6.07) is 13.5. The molecule has 2 aromatic carbocycles. The molecule has 0 amide bonds. The molecule has 4 nitrogen and oxygen atoms in total. The van der Waals surface area contributed by atoms with Crippen LogP contribution >= 0.6 is 11.6 Å². The van der Waals surface area contributed by atoms with Gasteiger partial charge in [-0.1, -0.05) is 41.9 Å². The van der Waals surface area contributed by atoms with Crippen molar-refractivity contribution in [1.82, 2.24) is 4.72 Å². The summed E-state index contributed by atoms with van der Waals surface area (Å²) in [5, 5.41) is 0.153. The third-order valence-corrected chi connectivity index (χ3v) is 5.06. The van der Waals surface area contributed by atoms with Gasteiger partial charge in [0.15, 0.2) is 0 Å². The highest BCUT2D eigenvalue weighted by Gasteiger charge is 2.10. The highest BCUT2D eigenvalue weighted by atomic mass is 35.5. The average molecular weight is 372 g/mol. The fourth-order valence-corrected chi connectivity index (χ4v) is 3.42. The predicted octanol–water partition coefficient (Wildman–Crippen LogP) is 3.41. The zero-order chi connectivity index (χ0) is 17.4. The number of sulfonamides is 1. The molecule has 0 bridgehead atoms. The van der Waals surface area contributed by atoms with Crippen LogP contribution in [0.1, 0.15) is 12.0 Å². The number of benzene rings is 2. The van der Waals surface area contributed by atoms with Crippen molar-refractivity contribution >= 4 is 21.6 Å². The molecule has 0 saturated carbocycles. The Labute approximate surface area is 146 Å². The van der Waals surface area contributed by atoms with Gasteiger partial charge in [0, 0.05) is 6.54 Å². The number of hydrogen-bond acceptors (Lipinski definition) is 3. The molecule has 2 aromatic rings. The molecule has 2 rings (SSSR count). The lowest BCUT2D eigenvalue weighted by Gasteiger charge is -2.09. The number of halogens is 2. The first-order valence-electron chi connectivity index (χ1n) is 7.55. The van der Waals surface area contributed by atoms with Crippen molar-refractivity contribution in [2.45, 2.75) is 12.8 Å². The molecule has 24 heavy (non-hydrogen) atoms. The van der Waals surface area contributed by atoms with Crippen molar-refractivity contribution in [3.63, 3.8) is 0 Å². The van der Waals surface area contributed by atoms with Crippen LogP contribution in [-0.2, 0) is 16.4 Å². The van der Waals surface area contributed by atoms with Crippen molar-refractivity contribution < 1.29 is 17.5 Å². The minimum absolute atomic E-state index is 0.0548. The maximum absolute atomic E-state index is 12.9. The van der Waals surface area contributed by atoms with Gasteiger partial charge in [-0.3, -0.25) is 0 Å². The van der Waals surface area contributed by atoms with Gasteiger partial charge in [0.25, 0.3) is 0 Å². The summed E-state index contributed by atoms with van der Waals surface area (Å²) in [4.78, 5) is 0. The zero-order valence-electron chi connectivity index (χ0n) is 13.0. The molecule has 0 unspecified atom stereocenters. The van der Waals surface area contributed by atoms with E-state index >= 15 is 0 Å². The highest BCUT2D eigenvalue weighted by molar-refractivity contribution is 7.89. The monoisotopic (exact) mass is 371 g/mol. The van der Waals surface area contributed by atoms with E-state index < -0.39 is 15.8 Å². The summed E-state index contributed by atoms with van der Waals surface area (Å²) in [6.07, 6.45) is 1.26. The van der Waals surface area contributed by atoms with Crippen molar-refractivity contribution in [2.75, 3.05) is 18.9 Å². The van der Waals surface area contributed by atoms with E-state index in [0.717, 1.165) is 11.6 Å². The molecule has 0 fully saturated rings. The first kappa shape index (κ1) is 18.7. The summed E-state index contributed by atoms with van der Waals surface area (Å²) in [5.41, 5.74) is 1.11. The largest absolute Gasteiger partial charge is 0.491 e.